The van der Waals surface area contributed by atoms with Gasteiger partial charge in [-0.1, -0.05) is 23.7 Å². The zero-order chi connectivity index (χ0) is 17.5. The van der Waals surface area contributed by atoms with E-state index >= 15 is 0 Å². The predicted octanol–water partition coefficient (Wildman–Crippen LogP) is 2.92. The first kappa shape index (κ1) is 17.9. The summed E-state index contributed by atoms with van der Waals surface area (Å²) in [5, 5.41) is 5.43. The molecule has 2 rings (SSSR count). The van der Waals surface area contributed by atoms with Gasteiger partial charge in [0.05, 0.1) is 6.10 Å². The van der Waals surface area contributed by atoms with Gasteiger partial charge in [0, 0.05) is 24.4 Å². The second-order valence-electron chi connectivity index (χ2n) is 4.95. The number of carbonyl (C=O) groups is 2. The lowest BCUT2D eigenvalue weighted by atomic mass is 10.1. The van der Waals surface area contributed by atoms with Gasteiger partial charge in [-0.25, -0.2) is 4.39 Å². The maximum absolute atomic E-state index is 13.2. The van der Waals surface area contributed by atoms with Gasteiger partial charge in [0.2, 0.25) is 0 Å². The molecule has 1 unspecified atom stereocenters. The summed E-state index contributed by atoms with van der Waals surface area (Å²) in [5.41, 5.74) is 1.02. The van der Waals surface area contributed by atoms with Crippen LogP contribution in [0, 0.1) is 5.82 Å². The van der Waals surface area contributed by atoms with E-state index in [0.717, 1.165) is 0 Å². The standard InChI is InChI=1S/C17H16ClFN2O3/c1-24-15(11-3-2-4-13(19)9-11)10-20-16(22)17(23)21-14-7-5-12(18)6-8-14/h2-9,15H,10H2,1H3,(H,20,22)(H,21,23). The number of nitrogens with one attached hydrogen (secondary N) is 2. The summed E-state index contributed by atoms with van der Waals surface area (Å²) < 4.78 is 18.5. The molecule has 2 aromatic carbocycles. The van der Waals surface area contributed by atoms with E-state index in [0.29, 0.717) is 16.3 Å². The summed E-state index contributed by atoms with van der Waals surface area (Å²) in [6, 6.07) is 12.2. The van der Waals surface area contributed by atoms with E-state index in [9.17, 15) is 14.0 Å². The minimum Gasteiger partial charge on any atom is -0.375 e. The molecule has 0 heterocycles. The average Bonchev–Trinajstić information content (AvgIpc) is 2.57. The van der Waals surface area contributed by atoms with E-state index < -0.39 is 23.7 Å². The molecular weight excluding hydrogens is 335 g/mol. The van der Waals surface area contributed by atoms with Crippen LogP contribution in [0.2, 0.25) is 5.02 Å². The monoisotopic (exact) mass is 350 g/mol. The van der Waals surface area contributed by atoms with Crippen LogP contribution >= 0.6 is 11.6 Å². The van der Waals surface area contributed by atoms with Crippen molar-refractivity contribution < 1.29 is 18.7 Å². The van der Waals surface area contributed by atoms with Crippen molar-refractivity contribution in [1.29, 1.82) is 0 Å². The van der Waals surface area contributed by atoms with Crippen molar-refractivity contribution >= 4 is 29.1 Å². The lowest BCUT2D eigenvalue weighted by Crippen LogP contribution is -2.38. The van der Waals surface area contributed by atoms with Crippen LogP contribution < -0.4 is 10.6 Å². The summed E-state index contributed by atoms with van der Waals surface area (Å²) in [5.74, 6) is -2.03. The maximum atomic E-state index is 13.2. The van der Waals surface area contributed by atoms with Crippen LogP contribution in [0.1, 0.15) is 11.7 Å². The second-order valence-corrected chi connectivity index (χ2v) is 5.39. The highest BCUT2D eigenvalue weighted by atomic mass is 35.5. The van der Waals surface area contributed by atoms with Gasteiger partial charge in [0.15, 0.2) is 0 Å². The summed E-state index contributed by atoms with van der Waals surface area (Å²) in [6.45, 7) is 0.0345. The van der Waals surface area contributed by atoms with Gasteiger partial charge >= 0.3 is 11.8 Å². The van der Waals surface area contributed by atoms with Crippen LogP contribution in [-0.4, -0.2) is 25.5 Å². The Labute approximate surface area is 143 Å². The van der Waals surface area contributed by atoms with E-state index in [2.05, 4.69) is 10.6 Å². The van der Waals surface area contributed by atoms with Crippen LogP contribution in [-0.2, 0) is 14.3 Å². The Balaban J connectivity index is 1.91. The zero-order valence-electron chi connectivity index (χ0n) is 12.9. The molecule has 0 spiro atoms. The first-order chi connectivity index (χ1) is 11.5. The largest absolute Gasteiger partial charge is 0.375 e. The van der Waals surface area contributed by atoms with E-state index in [1.807, 2.05) is 0 Å². The Kier molecular flexibility index (Phi) is 6.28. The fourth-order valence-electron chi connectivity index (χ4n) is 2.03. The van der Waals surface area contributed by atoms with Gasteiger partial charge in [-0.3, -0.25) is 9.59 Å². The molecule has 0 aliphatic rings. The number of ether oxygens (including phenoxy) is 1. The van der Waals surface area contributed by atoms with Gasteiger partial charge in [-0.15, -0.1) is 0 Å². The van der Waals surface area contributed by atoms with E-state index in [4.69, 9.17) is 16.3 Å². The highest BCUT2D eigenvalue weighted by Crippen LogP contribution is 2.17. The fraction of sp³-hybridized carbons (Fsp3) is 0.176. The van der Waals surface area contributed by atoms with Gasteiger partial charge in [0.1, 0.15) is 5.82 Å². The quantitative estimate of drug-likeness (QED) is 0.815. The highest BCUT2D eigenvalue weighted by molar-refractivity contribution is 6.39. The summed E-state index contributed by atoms with van der Waals surface area (Å²) in [6.07, 6.45) is -0.562. The van der Waals surface area contributed by atoms with Crippen molar-refractivity contribution in [2.75, 3.05) is 19.0 Å². The number of halogens is 2. The molecule has 2 aromatic rings. The number of benzene rings is 2. The van der Waals surface area contributed by atoms with Crippen molar-refractivity contribution in [3.05, 3.63) is 64.9 Å². The maximum Gasteiger partial charge on any atom is 0.313 e. The Morgan fingerprint density at radius 1 is 1.17 bits per heavy atom. The number of hydrogen-bond acceptors (Lipinski definition) is 3. The SMILES string of the molecule is COC(CNC(=O)C(=O)Nc1ccc(Cl)cc1)c1cccc(F)c1. The van der Waals surface area contributed by atoms with Crippen LogP contribution in [0.25, 0.3) is 0 Å². The molecule has 0 aliphatic carbocycles. The van der Waals surface area contributed by atoms with E-state index in [1.165, 1.54) is 19.2 Å². The fourth-order valence-corrected chi connectivity index (χ4v) is 2.16. The number of methoxy groups -OCH3 is 1. The first-order valence-electron chi connectivity index (χ1n) is 7.12. The first-order valence-corrected chi connectivity index (χ1v) is 7.50. The molecule has 2 amide bonds. The summed E-state index contributed by atoms with van der Waals surface area (Å²) >= 11 is 5.75. The molecule has 5 nitrogen and oxygen atoms in total. The smallest absolute Gasteiger partial charge is 0.313 e. The van der Waals surface area contributed by atoms with Crippen LogP contribution in [0.5, 0.6) is 0 Å². The topological polar surface area (TPSA) is 67.4 Å². The molecule has 2 N–H and O–H groups in total. The molecule has 0 radical (unpaired) electrons. The molecule has 0 saturated heterocycles. The molecule has 0 aromatic heterocycles. The number of hydrogen-bond donors (Lipinski definition) is 2. The number of rotatable bonds is 5. The molecule has 126 valence electrons. The van der Waals surface area contributed by atoms with Gasteiger partial charge in [0.25, 0.3) is 0 Å². The minimum atomic E-state index is -0.816. The van der Waals surface area contributed by atoms with Crippen molar-refractivity contribution in [1.82, 2.24) is 5.32 Å². The molecule has 24 heavy (non-hydrogen) atoms. The number of carbonyl (C=O) groups excluding carboxylic acids is 2. The predicted molar refractivity (Wildman–Crippen MR) is 89.2 cm³/mol. The highest BCUT2D eigenvalue weighted by Gasteiger charge is 2.17. The molecular formula is C17H16ClFN2O3. The molecule has 0 bridgehead atoms. The Morgan fingerprint density at radius 2 is 1.88 bits per heavy atom. The average molecular weight is 351 g/mol. The van der Waals surface area contributed by atoms with Crippen molar-refractivity contribution in [3.63, 3.8) is 0 Å². The second kappa shape index (κ2) is 8.42. The third kappa shape index (κ3) is 5.04. The third-order valence-corrected chi connectivity index (χ3v) is 3.51. The molecule has 1 atom stereocenters. The molecule has 7 heteroatoms. The third-order valence-electron chi connectivity index (χ3n) is 3.26. The molecule has 0 aliphatic heterocycles. The summed E-state index contributed by atoms with van der Waals surface area (Å²) in [7, 11) is 1.44. The van der Waals surface area contributed by atoms with Crippen molar-refractivity contribution in [2.24, 2.45) is 0 Å². The Hall–Kier alpha value is -2.44. The normalized spacial score (nSPS) is 11.6. The van der Waals surface area contributed by atoms with Crippen LogP contribution in [0.3, 0.4) is 0 Å². The van der Waals surface area contributed by atoms with E-state index in [-0.39, 0.29) is 6.54 Å². The number of amides is 2. The van der Waals surface area contributed by atoms with Gasteiger partial charge in [-0.05, 0) is 42.0 Å². The van der Waals surface area contributed by atoms with Crippen molar-refractivity contribution in [3.8, 4) is 0 Å². The Bertz CT molecular complexity index is 722. The lowest BCUT2D eigenvalue weighted by Gasteiger charge is -2.16. The van der Waals surface area contributed by atoms with Gasteiger partial charge < -0.3 is 15.4 Å². The Morgan fingerprint density at radius 3 is 2.50 bits per heavy atom. The molecule has 0 fully saturated rings. The van der Waals surface area contributed by atoms with Crippen LogP contribution in [0.15, 0.2) is 48.5 Å². The van der Waals surface area contributed by atoms with E-state index in [1.54, 1.807) is 36.4 Å². The minimum absolute atomic E-state index is 0.0345. The summed E-state index contributed by atoms with van der Waals surface area (Å²) in [4.78, 5) is 23.7. The number of anilines is 1. The lowest BCUT2D eigenvalue weighted by molar-refractivity contribution is -0.136. The van der Waals surface area contributed by atoms with Gasteiger partial charge in [-0.2, -0.15) is 0 Å². The van der Waals surface area contributed by atoms with Crippen molar-refractivity contribution in [2.45, 2.75) is 6.10 Å². The molecule has 0 saturated carbocycles. The zero-order valence-corrected chi connectivity index (χ0v) is 13.6. The van der Waals surface area contributed by atoms with Crippen LogP contribution in [0.4, 0.5) is 10.1 Å².